The first-order valence-corrected chi connectivity index (χ1v) is 6.04. The molecule has 0 aliphatic heterocycles. The fraction of sp³-hybridized carbons (Fsp3) is 0.571. The lowest BCUT2D eigenvalue weighted by Crippen LogP contribution is -2.10. The third kappa shape index (κ3) is 3.37. The van der Waals surface area contributed by atoms with E-state index >= 15 is 0 Å². The van der Waals surface area contributed by atoms with Gasteiger partial charge in [0.15, 0.2) is 0 Å². The molecule has 0 saturated heterocycles. The van der Waals surface area contributed by atoms with Gasteiger partial charge in [0.05, 0.1) is 20.3 Å². The third-order valence-corrected chi connectivity index (χ3v) is 3.04. The molecule has 1 N–H and O–H groups in total. The molecule has 0 bridgehead atoms. The van der Waals surface area contributed by atoms with Crippen LogP contribution in [0.2, 0.25) is 0 Å². The highest BCUT2D eigenvalue weighted by molar-refractivity contribution is 5.41. The van der Waals surface area contributed by atoms with Crippen LogP contribution in [0.1, 0.15) is 38.4 Å². The topological polar surface area (TPSA) is 38.7 Å². The van der Waals surface area contributed by atoms with E-state index in [1.165, 1.54) is 0 Å². The van der Waals surface area contributed by atoms with Crippen molar-refractivity contribution in [3.63, 3.8) is 0 Å². The molecular weight excluding hydrogens is 216 g/mol. The molecule has 1 rings (SSSR count). The molecule has 2 unspecified atom stereocenters. The summed E-state index contributed by atoms with van der Waals surface area (Å²) in [5.41, 5.74) is 0.799. The van der Waals surface area contributed by atoms with Gasteiger partial charge >= 0.3 is 0 Å². The molecule has 3 heteroatoms. The van der Waals surface area contributed by atoms with Gasteiger partial charge in [0, 0.05) is 5.56 Å². The molecule has 1 aromatic rings. The Bertz CT molecular complexity index is 349. The van der Waals surface area contributed by atoms with Gasteiger partial charge in [-0.1, -0.05) is 20.3 Å². The highest BCUT2D eigenvalue weighted by atomic mass is 16.5. The van der Waals surface area contributed by atoms with Gasteiger partial charge in [-0.2, -0.15) is 0 Å². The van der Waals surface area contributed by atoms with Crippen LogP contribution in [0, 0.1) is 5.92 Å². The summed E-state index contributed by atoms with van der Waals surface area (Å²) in [4.78, 5) is 0. The molecule has 0 amide bonds. The number of aliphatic hydroxyl groups is 1. The summed E-state index contributed by atoms with van der Waals surface area (Å²) >= 11 is 0. The van der Waals surface area contributed by atoms with Crippen molar-refractivity contribution in [2.45, 2.75) is 32.8 Å². The molecular formula is C14H22O3. The quantitative estimate of drug-likeness (QED) is 0.827. The van der Waals surface area contributed by atoms with Crippen LogP contribution in [-0.4, -0.2) is 19.3 Å². The molecule has 96 valence electrons. The zero-order valence-electron chi connectivity index (χ0n) is 11.1. The number of benzene rings is 1. The number of aliphatic hydroxyl groups excluding tert-OH is 1. The van der Waals surface area contributed by atoms with E-state index in [1.54, 1.807) is 14.2 Å². The highest BCUT2D eigenvalue weighted by Gasteiger charge is 2.20. The maximum Gasteiger partial charge on any atom is 0.124 e. The summed E-state index contributed by atoms with van der Waals surface area (Å²) in [7, 11) is 3.23. The average molecular weight is 238 g/mol. The van der Waals surface area contributed by atoms with Gasteiger partial charge in [0.25, 0.3) is 0 Å². The van der Waals surface area contributed by atoms with Crippen molar-refractivity contribution < 1.29 is 14.6 Å². The van der Waals surface area contributed by atoms with Gasteiger partial charge in [-0.05, 0) is 30.5 Å². The fourth-order valence-corrected chi connectivity index (χ4v) is 1.99. The van der Waals surface area contributed by atoms with E-state index < -0.39 is 6.10 Å². The van der Waals surface area contributed by atoms with Crippen molar-refractivity contribution in [3.05, 3.63) is 23.8 Å². The Labute approximate surface area is 103 Å². The second-order valence-electron chi connectivity index (χ2n) is 4.32. The smallest absolute Gasteiger partial charge is 0.124 e. The maximum atomic E-state index is 10.3. The van der Waals surface area contributed by atoms with Crippen LogP contribution in [0.4, 0.5) is 0 Å². The minimum absolute atomic E-state index is 0.209. The Balaban J connectivity index is 3.00. The van der Waals surface area contributed by atoms with Gasteiger partial charge in [0.1, 0.15) is 11.5 Å². The molecule has 0 aliphatic rings. The fourth-order valence-electron chi connectivity index (χ4n) is 1.99. The van der Waals surface area contributed by atoms with Crippen molar-refractivity contribution in [1.29, 1.82) is 0 Å². The summed E-state index contributed by atoms with van der Waals surface area (Å²) in [5.74, 6) is 1.66. The predicted octanol–water partition coefficient (Wildman–Crippen LogP) is 3.17. The summed E-state index contributed by atoms with van der Waals surface area (Å²) in [6, 6.07) is 5.51. The number of rotatable bonds is 6. The molecule has 17 heavy (non-hydrogen) atoms. The summed E-state index contributed by atoms with van der Waals surface area (Å²) in [6.45, 7) is 4.17. The SMILES string of the molecule is CCCC(C)C(O)c1cc(OC)ccc1OC. The molecule has 1 aromatic carbocycles. The van der Waals surface area contributed by atoms with E-state index in [9.17, 15) is 5.11 Å². The molecule has 0 saturated carbocycles. The molecule has 0 aromatic heterocycles. The van der Waals surface area contributed by atoms with E-state index in [1.807, 2.05) is 25.1 Å². The van der Waals surface area contributed by atoms with Crippen LogP contribution in [0.5, 0.6) is 11.5 Å². The number of hydrogen-bond donors (Lipinski definition) is 1. The lowest BCUT2D eigenvalue weighted by atomic mass is 9.93. The first-order valence-electron chi connectivity index (χ1n) is 6.04. The van der Waals surface area contributed by atoms with Crippen molar-refractivity contribution in [2.75, 3.05) is 14.2 Å². The molecule has 0 aliphatic carbocycles. The van der Waals surface area contributed by atoms with E-state index in [-0.39, 0.29) is 5.92 Å². The van der Waals surface area contributed by atoms with E-state index in [0.29, 0.717) is 5.75 Å². The normalized spacial score (nSPS) is 14.2. The predicted molar refractivity (Wildman–Crippen MR) is 68.6 cm³/mol. The van der Waals surface area contributed by atoms with Crippen LogP contribution in [-0.2, 0) is 0 Å². The Morgan fingerprint density at radius 1 is 1.24 bits per heavy atom. The zero-order valence-corrected chi connectivity index (χ0v) is 11.1. The second-order valence-corrected chi connectivity index (χ2v) is 4.32. The summed E-state index contributed by atoms with van der Waals surface area (Å²) in [6.07, 6.45) is 1.53. The molecule has 0 heterocycles. The third-order valence-electron chi connectivity index (χ3n) is 3.04. The minimum Gasteiger partial charge on any atom is -0.497 e. The average Bonchev–Trinajstić information content (AvgIpc) is 2.37. The van der Waals surface area contributed by atoms with Crippen LogP contribution in [0.25, 0.3) is 0 Å². The van der Waals surface area contributed by atoms with Crippen LogP contribution in [0.3, 0.4) is 0 Å². The zero-order chi connectivity index (χ0) is 12.8. The first-order chi connectivity index (χ1) is 8.13. The van der Waals surface area contributed by atoms with Gasteiger partial charge < -0.3 is 14.6 Å². The van der Waals surface area contributed by atoms with Crippen molar-refractivity contribution in [1.82, 2.24) is 0 Å². The van der Waals surface area contributed by atoms with Crippen molar-refractivity contribution in [2.24, 2.45) is 5.92 Å². The van der Waals surface area contributed by atoms with E-state index in [2.05, 4.69) is 6.92 Å². The molecule has 0 fully saturated rings. The Morgan fingerprint density at radius 3 is 2.47 bits per heavy atom. The number of methoxy groups -OCH3 is 2. The standard InChI is InChI=1S/C14H22O3/c1-5-6-10(2)14(15)12-9-11(16-3)7-8-13(12)17-4/h7-10,14-15H,5-6H2,1-4H3. The summed E-state index contributed by atoms with van der Waals surface area (Å²) < 4.78 is 10.5. The lowest BCUT2D eigenvalue weighted by Gasteiger charge is -2.21. The Morgan fingerprint density at radius 2 is 1.94 bits per heavy atom. The van der Waals surface area contributed by atoms with Crippen molar-refractivity contribution >= 4 is 0 Å². The molecule has 2 atom stereocenters. The van der Waals surface area contributed by atoms with Gasteiger partial charge in [-0.3, -0.25) is 0 Å². The van der Waals surface area contributed by atoms with E-state index in [4.69, 9.17) is 9.47 Å². The summed E-state index contributed by atoms with van der Waals surface area (Å²) in [5, 5.41) is 10.3. The molecule has 0 spiro atoms. The monoisotopic (exact) mass is 238 g/mol. The number of ether oxygens (including phenoxy) is 2. The Hall–Kier alpha value is -1.22. The van der Waals surface area contributed by atoms with Gasteiger partial charge in [0.2, 0.25) is 0 Å². The maximum absolute atomic E-state index is 10.3. The largest absolute Gasteiger partial charge is 0.497 e. The highest BCUT2D eigenvalue weighted by Crippen LogP contribution is 2.34. The van der Waals surface area contributed by atoms with Crippen molar-refractivity contribution in [3.8, 4) is 11.5 Å². The van der Waals surface area contributed by atoms with Gasteiger partial charge in [-0.15, -0.1) is 0 Å². The Kier molecular flexibility index (Phi) is 5.29. The minimum atomic E-state index is -0.514. The lowest BCUT2D eigenvalue weighted by molar-refractivity contribution is 0.109. The molecule has 3 nitrogen and oxygen atoms in total. The second kappa shape index (κ2) is 6.50. The van der Waals surface area contributed by atoms with Crippen LogP contribution < -0.4 is 9.47 Å². The van der Waals surface area contributed by atoms with Crippen LogP contribution in [0.15, 0.2) is 18.2 Å². The number of hydrogen-bond acceptors (Lipinski definition) is 3. The van der Waals surface area contributed by atoms with Gasteiger partial charge in [-0.25, -0.2) is 0 Å². The van der Waals surface area contributed by atoms with Crippen LogP contribution >= 0.6 is 0 Å². The molecule has 0 radical (unpaired) electrons. The first kappa shape index (κ1) is 13.8. The van der Waals surface area contributed by atoms with E-state index in [0.717, 1.165) is 24.2 Å².